The molecule has 2 rings (SSSR count). The van der Waals surface area contributed by atoms with E-state index in [4.69, 9.17) is 0 Å². The van der Waals surface area contributed by atoms with Gasteiger partial charge in [0.05, 0.1) is 12.5 Å². The van der Waals surface area contributed by atoms with E-state index in [2.05, 4.69) is 31.8 Å². The SMILES string of the molecule is CC(C)=CCN1CCNC(=O)C1CC(=O)NCCSc1nnc(C)s1. The van der Waals surface area contributed by atoms with E-state index in [0.717, 1.165) is 21.6 Å². The predicted octanol–water partition coefficient (Wildman–Crippen LogP) is 1.21. The van der Waals surface area contributed by atoms with Crippen LogP contribution >= 0.6 is 23.1 Å². The normalized spacial score (nSPS) is 17.9. The summed E-state index contributed by atoms with van der Waals surface area (Å²) in [5.41, 5.74) is 1.21. The van der Waals surface area contributed by atoms with Crippen molar-refractivity contribution in [2.45, 2.75) is 37.6 Å². The Hall–Kier alpha value is -1.45. The van der Waals surface area contributed by atoms with Crippen molar-refractivity contribution < 1.29 is 9.59 Å². The number of carbonyl (C=O) groups is 2. The number of nitrogens with zero attached hydrogens (tertiary/aromatic N) is 3. The van der Waals surface area contributed by atoms with Crippen LogP contribution in [0.25, 0.3) is 0 Å². The molecule has 7 nitrogen and oxygen atoms in total. The predicted molar refractivity (Wildman–Crippen MR) is 101 cm³/mol. The van der Waals surface area contributed by atoms with Crippen LogP contribution in [0.15, 0.2) is 16.0 Å². The third kappa shape index (κ3) is 6.75. The second kappa shape index (κ2) is 9.88. The quantitative estimate of drug-likeness (QED) is 0.399. The summed E-state index contributed by atoms with van der Waals surface area (Å²) in [7, 11) is 0. The van der Waals surface area contributed by atoms with Crippen LogP contribution in [-0.4, -0.2) is 64.9 Å². The van der Waals surface area contributed by atoms with Crippen molar-refractivity contribution >= 4 is 34.9 Å². The Morgan fingerprint density at radius 3 is 2.96 bits per heavy atom. The fraction of sp³-hybridized carbons (Fsp3) is 0.625. The van der Waals surface area contributed by atoms with Crippen molar-refractivity contribution in [1.29, 1.82) is 0 Å². The van der Waals surface area contributed by atoms with Gasteiger partial charge in [-0.2, -0.15) is 0 Å². The Kier molecular flexibility index (Phi) is 7.86. The van der Waals surface area contributed by atoms with Crippen molar-refractivity contribution in [1.82, 2.24) is 25.7 Å². The Balaban J connectivity index is 1.76. The number of carbonyl (C=O) groups excluding carboxylic acids is 2. The van der Waals surface area contributed by atoms with Crippen LogP contribution in [0.5, 0.6) is 0 Å². The molecule has 0 spiro atoms. The number of hydrogen-bond donors (Lipinski definition) is 2. The molecule has 0 aliphatic carbocycles. The number of piperazine rings is 1. The van der Waals surface area contributed by atoms with E-state index in [1.807, 2.05) is 20.8 Å². The highest BCUT2D eigenvalue weighted by Gasteiger charge is 2.30. The van der Waals surface area contributed by atoms with E-state index in [0.29, 0.717) is 19.6 Å². The highest BCUT2D eigenvalue weighted by atomic mass is 32.2. The lowest BCUT2D eigenvalue weighted by atomic mass is 10.1. The zero-order chi connectivity index (χ0) is 18.2. The summed E-state index contributed by atoms with van der Waals surface area (Å²) in [5, 5.41) is 14.7. The summed E-state index contributed by atoms with van der Waals surface area (Å²) in [5.74, 6) is 0.569. The molecule has 0 saturated carbocycles. The number of aryl methyl sites for hydroxylation is 1. The molecule has 1 unspecified atom stereocenters. The second-order valence-corrected chi connectivity index (χ2v) is 8.60. The summed E-state index contributed by atoms with van der Waals surface area (Å²) < 4.78 is 0.909. The number of hydrogen-bond acceptors (Lipinski definition) is 7. The van der Waals surface area contributed by atoms with Crippen LogP contribution in [0.1, 0.15) is 25.3 Å². The number of nitrogens with one attached hydrogen (secondary N) is 2. The lowest BCUT2D eigenvalue weighted by Gasteiger charge is -2.34. The number of allylic oxidation sites excluding steroid dienone is 1. The van der Waals surface area contributed by atoms with Crippen molar-refractivity contribution in [3.05, 3.63) is 16.7 Å². The van der Waals surface area contributed by atoms with Crippen LogP contribution in [-0.2, 0) is 9.59 Å². The molecule has 1 aromatic rings. The average molecular weight is 384 g/mol. The second-order valence-electron chi connectivity index (χ2n) is 6.07. The van der Waals surface area contributed by atoms with Gasteiger partial charge in [0.2, 0.25) is 11.8 Å². The smallest absolute Gasteiger partial charge is 0.237 e. The van der Waals surface area contributed by atoms with E-state index in [9.17, 15) is 9.59 Å². The van der Waals surface area contributed by atoms with Crippen LogP contribution < -0.4 is 10.6 Å². The molecule has 1 atom stereocenters. The molecule has 0 radical (unpaired) electrons. The van der Waals surface area contributed by atoms with Crippen molar-refractivity contribution in [2.24, 2.45) is 0 Å². The van der Waals surface area contributed by atoms with Gasteiger partial charge in [0.1, 0.15) is 5.01 Å². The Morgan fingerprint density at radius 1 is 1.48 bits per heavy atom. The van der Waals surface area contributed by atoms with Crippen LogP contribution in [0, 0.1) is 6.92 Å². The number of amides is 2. The van der Waals surface area contributed by atoms with E-state index in [-0.39, 0.29) is 18.2 Å². The molecule has 1 aliphatic heterocycles. The van der Waals surface area contributed by atoms with E-state index >= 15 is 0 Å². The van der Waals surface area contributed by atoms with E-state index in [1.54, 1.807) is 23.1 Å². The van der Waals surface area contributed by atoms with Crippen molar-refractivity contribution in [3.63, 3.8) is 0 Å². The van der Waals surface area contributed by atoms with Gasteiger partial charge in [-0.25, -0.2) is 0 Å². The number of rotatable bonds is 8. The van der Waals surface area contributed by atoms with E-state index in [1.165, 1.54) is 5.57 Å². The Bertz CT molecular complexity index is 628. The zero-order valence-electron chi connectivity index (χ0n) is 14.9. The molecule has 9 heteroatoms. The van der Waals surface area contributed by atoms with Gasteiger partial charge < -0.3 is 10.6 Å². The topological polar surface area (TPSA) is 87.2 Å². The maximum Gasteiger partial charge on any atom is 0.237 e. The van der Waals surface area contributed by atoms with Gasteiger partial charge in [-0.05, 0) is 20.8 Å². The Labute approximate surface area is 156 Å². The van der Waals surface area contributed by atoms with Crippen molar-refractivity contribution in [3.8, 4) is 0 Å². The van der Waals surface area contributed by atoms with Gasteiger partial charge in [-0.15, -0.1) is 10.2 Å². The fourth-order valence-corrected chi connectivity index (χ4v) is 4.16. The maximum atomic E-state index is 12.2. The Morgan fingerprint density at radius 2 is 2.28 bits per heavy atom. The summed E-state index contributed by atoms with van der Waals surface area (Å²) in [6, 6.07) is -0.400. The van der Waals surface area contributed by atoms with Crippen LogP contribution in [0.3, 0.4) is 0 Å². The number of aromatic nitrogens is 2. The molecule has 1 aromatic heterocycles. The molecule has 2 heterocycles. The minimum absolute atomic E-state index is 0.0673. The van der Waals surface area contributed by atoms with Gasteiger partial charge >= 0.3 is 0 Å². The van der Waals surface area contributed by atoms with Gasteiger partial charge in [0.25, 0.3) is 0 Å². The molecule has 0 aromatic carbocycles. The molecule has 1 saturated heterocycles. The number of thioether (sulfide) groups is 1. The van der Waals surface area contributed by atoms with Crippen LogP contribution in [0.2, 0.25) is 0 Å². The maximum absolute atomic E-state index is 12.2. The molecular weight excluding hydrogens is 358 g/mol. The molecule has 25 heavy (non-hydrogen) atoms. The highest BCUT2D eigenvalue weighted by Crippen LogP contribution is 2.21. The molecular formula is C16H25N5O2S2. The van der Waals surface area contributed by atoms with Crippen LogP contribution in [0.4, 0.5) is 0 Å². The zero-order valence-corrected chi connectivity index (χ0v) is 16.5. The first-order valence-corrected chi connectivity index (χ1v) is 10.1. The monoisotopic (exact) mass is 383 g/mol. The summed E-state index contributed by atoms with van der Waals surface area (Å²) in [6.07, 6.45) is 2.27. The largest absolute Gasteiger partial charge is 0.355 e. The lowest BCUT2D eigenvalue weighted by molar-refractivity contribution is -0.133. The first-order chi connectivity index (χ1) is 12.0. The molecule has 2 N–H and O–H groups in total. The van der Waals surface area contributed by atoms with Gasteiger partial charge in [-0.1, -0.05) is 34.7 Å². The minimum Gasteiger partial charge on any atom is -0.355 e. The molecule has 138 valence electrons. The highest BCUT2D eigenvalue weighted by molar-refractivity contribution is 8.01. The summed E-state index contributed by atoms with van der Waals surface area (Å²) in [4.78, 5) is 26.4. The van der Waals surface area contributed by atoms with Crippen molar-refractivity contribution in [2.75, 3.05) is 31.9 Å². The lowest BCUT2D eigenvalue weighted by Crippen LogP contribution is -2.56. The molecule has 2 amide bonds. The van der Waals surface area contributed by atoms with E-state index < -0.39 is 6.04 Å². The van der Waals surface area contributed by atoms with Gasteiger partial charge in [0, 0.05) is 31.9 Å². The summed E-state index contributed by atoms with van der Waals surface area (Å²) >= 11 is 3.12. The fourth-order valence-electron chi connectivity index (χ4n) is 2.42. The molecule has 1 fully saturated rings. The first kappa shape index (κ1) is 19.9. The minimum atomic E-state index is -0.400. The first-order valence-electron chi connectivity index (χ1n) is 8.30. The van der Waals surface area contributed by atoms with Gasteiger partial charge in [-0.3, -0.25) is 14.5 Å². The summed E-state index contributed by atoms with van der Waals surface area (Å²) in [6.45, 7) is 8.61. The molecule has 0 bridgehead atoms. The third-order valence-corrected chi connectivity index (χ3v) is 5.69. The van der Waals surface area contributed by atoms with Gasteiger partial charge in [0.15, 0.2) is 4.34 Å². The molecule has 1 aliphatic rings. The third-order valence-electron chi connectivity index (χ3n) is 3.71. The average Bonchev–Trinajstić information content (AvgIpc) is 2.97. The standard InChI is InChI=1S/C16H25N5O2S2/c1-11(2)4-7-21-8-5-18-15(23)13(21)10-14(22)17-6-9-24-16-20-19-12(3)25-16/h4,13H,5-10H2,1-3H3,(H,17,22)(H,18,23).